The van der Waals surface area contributed by atoms with Crippen molar-refractivity contribution < 1.29 is 4.42 Å². The van der Waals surface area contributed by atoms with E-state index >= 15 is 0 Å². The quantitative estimate of drug-likeness (QED) is 0.161. The van der Waals surface area contributed by atoms with Crippen molar-refractivity contribution in [2.75, 3.05) is 4.90 Å². The van der Waals surface area contributed by atoms with Crippen LogP contribution >= 0.6 is 0 Å². The lowest BCUT2D eigenvalue weighted by atomic mass is 9.81. The molecular formula is C57H41NO. The fraction of sp³-hybridized carbons (Fsp3) is 0.0526. The van der Waals surface area contributed by atoms with Gasteiger partial charge in [-0.25, -0.2) is 0 Å². The molecule has 0 aliphatic heterocycles. The molecule has 10 aromatic rings. The summed E-state index contributed by atoms with van der Waals surface area (Å²) < 4.78 is 6.68. The molecule has 1 aromatic heterocycles. The van der Waals surface area contributed by atoms with E-state index in [0.29, 0.717) is 0 Å². The molecule has 0 unspecified atom stereocenters. The minimum absolute atomic E-state index is 0.0992. The number of benzene rings is 9. The van der Waals surface area contributed by atoms with Gasteiger partial charge >= 0.3 is 0 Å². The van der Waals surface area contributed by atoms with Gasteiger partial charge in [0.05, 0.1) is 0 Å². The summed E-state index contributed by atoms with van der Waals surface area (Å²) in [5.74, 6) is 0. The van der Waals surface area contributed by atoms with E-state index in [1.807, 2.05) is 0 Å². The van der Waals surface area contributed by atoms with Gasteiger partial charge < -0.3 is 9.32 Å². The van der Waals surface area contributed by atoms with Crippen LogP contribution in [0.15, 0.2) is 217 Å². The number of fused-ring (bicyclic) bond motifs is 6. The molecule has 2 nitrogen and oxygen atoms in total. The van der Waals surface area contributed by atoms with Crippen molar-refractivity contribution in [3.05, 3.63) is 223 Å². The minimum Gasteiger partial charge on any atom is -0.455 e. The highest BCUT2D eigenvalue weighted by Gasteiger charge is 2.35. The molecule has 59 heavy (non-hydrogen) atoms. The molecule has 0 N–H and O–H groups in total. The number of hydrogen-bond donors (Lipinski definition) is 0. The van der Waals surface area contributed by atoms with E-state index in [0.717, 1.165) is 61.3 Å². The zero-order valence-electron chi connectivity index (χ0n) is 33.1. The van der Waals surface area contributed by atoms with Gasteiger partial charge in [-0.3, -0.25) is 0 Å². The maximum atomic E-state index is 6.68. The first kappa shape index (κ1) is 34.8. The molecule has 0 amide bonds. The Hall–Kier alpha value is -7.42. The van der Waals surface area contributed by atoms with Gasteiger partial charge in [0, 0.05) is 38.8 Å². The molecule has 1 heterocycles. The minimum atomic E-state index is -0.0992. The third-order valence-corrected chi connectivity index (χ3v) is 12.3. The number of para-hydroxylation sites is 1. The van der Waals surface area contributed by atoms with E-state index in [4.69, 9.17) is 4.42 Å². The van der Waals surface area contributed by atoms with Crippen LogP contribution in [-0.2, 0) is 5.41 Å². The van der Waals surface area contributed by atoms with Gasteiger partial charge in [-0.2, -0.15) is 0 Å². The van der Waals surface area contributed by atoms with Gasteiger partial charge in [-0.1, -0.05) is 166 Å². The van der Waals surface area contributed by atoms with Crippen LogP contribution in [-0.4, -0.2) is 0 Å². The number of rotatable bonds is 7. The Morgan fingerprint density at radius 1 is 0.339 bits per heavy atom. The summed E-state index contributed by atoms with van der Waals surface area (Å²) in [4.78, 5) is 2.34. The van der Waals surface area contributed by atoms with Crippen LogP contribution in [0.25, 0.3) is 77.6 Å². The van der Waals surface area contributed by atoms with Crippen LogP contribution in [0.2, 0.25) is 0 Å². The van der Waals surface area contributed by atoms with Crippen molar-refractivity contribution in [3.8, 4) is 55.6 Å². The second-order valence-electron chi connectivity index (χ2n) is 16.1. The summed E-state index contributed by atoms with van der Waals surface area (Å²) in [6, 6.07) is 76.7. The lowest BCUT2D eigenvalue weighted by Gasteiger charge is -2.26. The standard InChI is InChI=1S/C57H41NO/c1-57(2)53-19-11-9-17-48(53)49-34-27-43(37-54(49)57)51-35-44(36-52-50-18-10-12-20-55(50)59-56(51)52)42-25-32-47(33-26-42)58(45-28-21-40(22-29-45)38-13-5-3-6-14-38)46-30-23-41(24-31-46)39-15-7-4-8-16-39/h3-37H,1-2H3. The number of nitrogens with zero attached hydrogens (tertiary/aromatic N) is 1. The van der Waals surface area contributed by atoms with E-state index in [2.05, 4.69) is 231 Å². The molecule has 0 spiro atoms. The molecule has 11 rings (SSSR count). The molecule has 0 fully saturated rings. The Bertz CT molecular complexity index is 3060. The smallest absolute Gasteiger partial charge is 0.143 e. The molecule has 280 valence electrons. The fourth-order valence-electron chi connectivity index (χ4n) is 9.20. The molecule has 1 aliphatic carbocycles. The number of anilines is 3. The Labute approximate surface area is 345 Å². The van der Waals surface area contributed by atoms with Gasteiger partial charge in [0.15, 0.2) is 0 Å². The molecule has 9 aromatic carbocycles. The van der Waals surface area contributed by atoms with Crippen LogP contribution in [0, 0.1) is 0 Å². The summed E-state index contributed by atoms with van der Waals surface area (Å²) >= 11 is 0. The van der Waals surface area contributed by atoms with Crippen molar-refractivity contribution in [1.82, 2.24) is 0 Å². The van der Waals surface area contributed by atoms with Crippen LogP contribution in [0.4, 0.5) is 17.1 Å². The Morgan fingerprint density at radius 2 is 0.814 bits per heavy atom. The Kier molecular flexibility index (Phi) is 8.20. The van der Waals surface area contributed by atoms with Gasteiger partial charge in [0.1, 0.15) is 11.2 Å². The van der Waals surface area contributed by atoms with E-state index in [1.54, 1.807) is 0 Å². The van der Waals surface area contributed by atoms with Crippen molar-refractivity contribution in [2.45, 2.75) is 19.3 Å². The van der Waals surface area contributed by atoms with Crippen molar-refractivity contribution >= 4 is 39.0 Å². The van der Waals surface area contributed by atoms with Gasteiger partial charge in [-0.15, -0.1) is 0 Å². The first-order valence-electron chi connectivity index (χ1n) is 20.4. The number of hydrogen-bond acceptors (Lipinski definition) is 2. The van der Waals surface area contributed by atoms with Crippen LogP contribution in [0.5, 0.6) is 0 Å². The molecule has 2 heteroatoms. The molecule has 0 bridgehead atoms. The van der Waals surface area contributed by atoms with Crippen LogP contribution in [0.3, 0.4) is 0 Å². The Balaban J connectivity index is 1.01. The normalized spacial score (nSPS) is 12.7. The molecule has 1 aliphatic rings. The van der Waals surface area contributed by atoms with Crippen LogP contribution < -0.4 is 4.90 Å². The summed E-state index contributed by atoms with van der Waals surface area (Å²) in [5, 5.41) is 2.25. The highest BCUT2D eigenvalue weighted by atomic mass is 16.3. The maximum Gasteiger partial charge on any atom is 0.143 e. The van der Waals surface area contributed by atoms with E-state index < -0.39 is 0 Å². The summed E-state index contributed by atoms with van der Waals surface area (Å²) in [6.45, 7) is 4.68. The topological polar surface area (TPSA) is 16.4 Å². The van der Waals surface area contributed by atoms with Gasteiger partial charge in [0.25, 0.3) is 0 Å². The third-order valence-electron chi connectivity index (χ3n) is 12.3. The molecule has 0 atom stereocenters. The highest BCUT2D eigenvalue weighted by Crippen LogP contribution is 2.50. The predicted molar refractivity (Wildman–Crippen MR) is 248 cm³/mol. The lowest BCUT2D eigenvalue weighted by molar-refractivity contribution is 0.660. The predicted octanol–water partition coefficient (Wildman–Crippen LogP) is 16.0. The van der Waals surface area contributed by atoms with Crippen molar-refractivity contribution in [3.63, 3.8) is 0 Å². The van der Waals surface area contributed by atoms with E-state index in [9.17, 15) is 0 Å². The van der Waals surface area contributed by atoms with Crippen molar-refractivity contribution in [1.29, 1.82) is 0 Å². The third kappa shape index (κ3) is 5.96. The summed E-state index contributed by atoms with van der Waals surface area (Å²) in [7, 11) is 0. The van der Waals surface area contributed by atoms with Crippen molar-refractivity contribution in [2.24, 2.45) is 0 Å². The first-order chi connectivity index (χ1) is 29.0. The highest BCUT2D eigenvalue weighted by molar-refractivity contribution is 6.11. The zero-order valence-corrected chi connectivity index (χ0v) is 33.1. The Morgan fingerprint density at radius 3 is 1.42 bits per heavy atom. The van der Waals surface area contributed by atoms with E-state index in [-0.39, 0.29) is 5.41 Å². The molecule has 0 radical (unpaired) electrons. The second-order valence-corrected chi connectivity index (χ2v) is 16.1. The molecular weight excluding hydrogens is 715 g/mol. The monoisotopic (exact) mass is 755 g/mol. The average Bonchev–Trinajstić information content (AvgIpc) is 3.79. The zero-order chi connectivity index (χ0) is 39.5. The molecule has 0 saturated carbocycles. The van der Waals surface area contributed by atoms with Crippen LogP contribution in [0.1, 0.15) is 25.0 Å². The second kappa shape index (κ2) is 13.9. The van der Waals surface area contributed by atoms with Gasteiger partial charge in [0.2, 0.25) is 0 Å². The fourth-order valence-corrected chi connectivity index (χ4v) is 9.20. The van der Waals surface area contributed by atoms with E-state index in [1.165, 1.54) is 44.5 Å². The summed E-state index contributed by atoms with van der Waals surface area (Å²) in [5.41, 5.74) is 19.7. The summed E-state index contributed by atoms with van der Waals surface area (Å²) in [6.07, 6.45) is 0. The number of furan rings is 1. The lowest BCUT2D eigenvalue weighted by Crippen LogP contribution is -2.14. The first-order valence-corrected chi connectivity index (χ1v) is 20.4. The molecule has 0 saturated heterocycles. The van der Waals surface area contributed by atoms with Gasteiger partial charge in [-0.05, 0) is 122 Å². The largest absolute Gasteiger partial charge is 0.455 e. The maximum absolute atomic E-state index is 6.68. The average molecular weight is 756 g/mol. The SMILES string of the molecule is CC1(C)c2ccccc2-c2ccc(-c3cc(-c4ccc(N(c5ccc(-c6ccccc6)cc5)c5ccc(-c6ccccc6)cc5)cc4)cc4c3oc3ccccc34)cc21.